The van der Waals surface area contributed by atoms with Gasteiger partial charge in [0, 0.05) is 11.1 Å². The number of nitrogens with one attached hydrogen (secondary N) is 1. The van der Waals surface area contributed by atoms with Crippen molar-refractivity contribution in [1.29, 1.82) is 5.41 Å². The lowest BCUT2D eigenvalue weighted by molar-refractivity contribution is 1.27. The fourth-order valence-electron chi connectivity index (χ4n) is 6.36. The summed E-state index contributed by atoms with van der Waals surface area (Å²) in [5.74, 6) is 0.00456. The van der Waals surface area contributed by atoms with Gasteiger partial charge in [0.05, 0.1) is 11.4 Å². The molecule has 0 saturated carbocycles. The van der Waals surface area contributed by atoms with Crippen LogP contribution in [0.1, 0.15) is 0 Å². The Hall–Kier alpha value is -4.89. The van der Waals surface area contributed by atoms with Crippen LogP contribution in [-0.2, 0) is 0 Å². The Kier molecular flexibility index (Phi) is 3.69. The Morgan fingerprint density at radius 2 is 0.889 bits per heavy atom. The van der Waals surface area contributed by atoms with Gasteiger partial charge in [-0.05, 0) is 67.1 Å². The maximum atomic E-state index is 8.79. The summed E-state index contributed by atoms with van der Waals surface area (Å²) >= 11 is 0. The summed E-state index contributed by atoms with van der Waals surface area (Å²) in [6, 6.07) is 38.6. The highest BCUT2D eigenvalue weighted by molar-refractivity contribution is 6.24. The van der Waals surface area contributed by atoms with Crippen LogP contribution < -0.4 is 10.6 Å². The van der Waals surface area contributed by atoms with Crippen LogP contribution in [0.2, 0.25) is 0 Å². The van der Waals surface area contributed by atoms with Gasteiger partial charge in [0.1, 0.15) is 0 Å². The lowest BCUT2D eigenvalue weighted by Gasteiger charge is -2.28. The average molecular weight is 460 g/mol. The molecular weight excluding hydrogens is 438 g/mol. The molecule has 168 valence electrons. The van der Waals surface area contributed by atoms with Gasteiger partial charge in [0.2, 0.25) is 0 Å². The number of nitrogens with two attached hydrogens (primary N) is 1. The Morgan fingerprint density at radius 1 is 0.472 bits per heavy atom. The van der Waals surface area contributed by atoms with Crippen LogP contribution in [0.4, 0.5) is 11.4 Å². The number of rotatable bonds is 2. The van der Waals surface area contributed by atoms with Crippen LogP contribution in [0.3, 0.4) is 0 Å². The van der Waals surface area contributed by atoms with Gasteiger partial charge in [-0.3, -0.25) is 10.3 Å². The molecule has 3 heteroatoms. The molecule has 2 aliphatic carbocycles. The molecule has 0 fully saturated rings. The quantitative estimate of drug-likeness (QED) is 0.202. The second-order valence-electron chi connectivity index (χ2n) is 9.54. The zero-order valence-electron chi connectivity index (χ0n) is 19.4. The molecule has 0 amide bonds. The summed E-state index contributed by atoms with van der Waals surface area (Å²) < 4.78 is 0. The number of hydrogen-bond donors (Lipinski definition) is 2. The third-order valence-corrected chi connectivity index (χ3v) is 7.74. The van der Waals surface area contributed by atoms with Crippen LogP contribution in [0.5, 0.6) is 0 Å². The molecule has 36 heavy (non-hydrogen) atoms. The van der Waals surface area contributed by atoms with Crippen LogP contribution in [0.25, 0.3) is 66.1 Å². The fraction of sp³-hybridized carbons (Fsp3) is 0. The molecule has 6 aromatic rings. The molecule has 8 rings (SSSR count). The van der Waals surface area contributed by atoms with E-state index in [1.807, 2.05) is 4.90 Å². The Labute approximate surface area is 208 Å². The zero-order valence-corrected chi connectivity index (χ0v) is 19.4. The van der Waals surface area contributed by atoms with Crippen LogP contribution in [-0.4, -0.2) is 5.96 Å². The van der Waals surface area contributed by atoms with Crippen molar-refractivity contribution in [3.05, 3.63) is 109 Å². The van der Waals surface area contributed by atoms with Gasteiger partial charge in [-0.1, -0.05) is 97.1 Å². The van der Waals surface area contributed by atoms with Gasteiger partial charge in [-0.25, -0.2) is 0 Å². The van der Waals surface area contributed by atoms with E-state index < -0.39 is 0 Å². The van der Waals surface area contributed by atoms with Gasteiger partial charge >= 0.3 is 0 Å². The van der Waals surface area contributed by atoms with Gasteiger partial charge in [0.15, 0.2) is 5.96 Å². The minimum absolute atomic E-state index is 0.00456. The standard InChI is InChI=1S/C33H21N3/c34-33(35)36(27-17-15-19-7-5-13-23-21-9-1-3-11-25(21)31(27)29(19)23)28-18-16-20-8-6-14-24-22-10-2-4-12-26(22)32(28)30(20)24/h1-18H,(H3,34,35). The first-order chi connectivity index (χ1) is 17.7. The van der Waals surface area contributed by atoms with Crippen molar-refractivity contribution in [2.24, 2.45) is 5.73 Å². The zero-order chi connectivity index (χ0) is 24.0. The van der Waals surface area contributed by atoms with Crippen LogP contribution in [0.15, 0.2) is 109 Å². The monoisotopic (exact) mass is 459 g/mol. The summed E-state index contributed by atoms with van der Waals surface area (Å²) in [5.41, 5.74) is 17.9. The van der Waals surface area contributed by atoms with Crippen molar-refractivity contribution < 1.29 is 0 Å². The molecule has 0 radical (unpaired) electrons. The molecule has 0 unspecified atom stereocenters. The molecule has 6 aromatic carbocycles. The first-order valence-electron chi connectivity index (χ1n) is 12.2. The maximum absolute atomic E-state index is 8.79. The number of benzene rings is 6. The van der Waals surface area contributed by atoms with E-state index in [4.69, 9.17) is 11.1 Å². The highest BCUT2D eigenvalue weighted by atomic mass is 15.2. The highest BCUT2D eigenvalue weighted by Crippen LogP contribution is 2.55. The van der Waals surface area contributed by atoms with Crippen molar-refractivity contribution in [3.8, 4) is 44.5 Å². The summed E-state index contributed by atoms with van der Waals surface area (Å²) in [6.45, 7) is 0. The smallest absolute Gasteiger partial charge is 0.197 e. The van der Waals surface area contributed by atoms with Crippen molar-refractivity contribution >= 4 is 38.9 Å². The van der Waals surface area contributed by atoms with E-state index in [0.29, 0.717) is 0 Å². The Bertz CT molecular complexity index is 1800. The molecule has 0 aromatic heterocycles. The van der Waals surface area contributed by atoms with E-state index in [-0.39, 0.29) is 5.96 Å². The Balaban J connectivity index is 1.48. The number of nitrogens with zero attached hydrogens (tertiary/aromatic N) is 1. The van der Waals surface area contributed by atoms with Gasteiger partial charge in [-0.2, -0.15) is 0 Å². The van der Waals surface area contributed by atoms with Crippen LogP contribution in [0, 0.1) is 5.41 Å². The largest absolute Gasteiger partial charge is 0.369 e. The number of anilines is 2. The minimum atomic E-state index is 0.00456. The predicted octanol–water partition coefficient (Wildman–Crippen LogP) is 8.32. The van der Waals surface area contributed by atoms with E-state index in [1.54, 1.807) is 0 Å². The molecule has 0 heterocycles. The normalized spacial score (nSPS) is 12.1. The molecule has 0 spiro atoms. The molecule has 3 N–H and O–H groups in total. The Morgan fingerprint density at radius 3 is 1.33 bits per heavy atom. The third-order valence-electron chi connectivity index (χ3n) is 7.74. The second kappa shape index (κ2) is 6.83. The topological polar surface area (TPSA) is 53.1 Å². The molecule has 3 nitrogen and oxygen atoms in total. The first-order valence-corrected chi connectivity index (χ1v) is 12.2. The van der Waals surface area contributed by atoms with Crippen molar-refractivity contribution in [3.63, 3.8) is 0 Å². The van der Waals surface area contributed by atoms with Gasteiger partial charge in [-0.15, -0.1) is 0 Å². The molecule has 0 atom stereocenters. The number of fused-ring (bicyclic) bond motifs is 6. The maximum Gasteiger partial charge on any atom is 0.197 e. The molecular formula is C33H21N3. The van der Waals surface area contributed by atoms with Crippen molar-refractivity contribution in [2.75, 3.05) is 4.90 Å². The van der Waals surface area contributed by atoms with Crippen LogP contribution >= 0.6 is 0 Å². The van der Waals surface area contributed by atoms with Gasteiger partial charge < -0.3 is 5.73 Å². The van der Waals surface area contributed by atoms with Crippen molar-refractivity contribution in [2.45, 2.75) is 0 Å². The predicted molar refractivity (Wildman–Crippen MR) is 151 cm³/mol. The summed E-state index contributed by atoms with van der Waals surface area (Å²) in [7, 11) is 0. The van der Waals surface area contributed by atoms with E-state index in [0.717, 1.165) is 22.5 Å². The number of hydrogen-bond acceptors (Lipinski definition) is 1. The summed E-state index contributed by atoms with van der Waals surface area (Å²) in [4.78, 5) is 1.93. The molecule has 0 bridgehead atoms. The van der Waals surface area contributed by atoms with E-state index in [1.165, 1.54) is 54.9 Å². The van der Waals surface area contributed by atoms with E-state index in [9.17, 15) is 0 Å². The highest BCUT2D eigenvalue weighted by Gasteiger charge is 2.31. The molecule has 2 aliphatic rings. The minimum Gasteiger partial charge on any atom is -0.369 e. The third kappa shape index (κ3) is 2.34. The number of guanidine groups is 1. The van der Waals surface area contributed by atoms with E-state index >= 15 is 0 Å². The molecule has 0 aliphatic heterocycles. The van der Waals surface area contributed by atoms with Gasteiger partial charge in [0.25, 0.3) is 0 Å². The average Bonchev–Trinajstić information content (AvgIpc) is 3.43. The van der Waals surface area contributed by atoms with Crippen molar-refractivity contribution in [1.82, 2.24) is 0 Å². The van der Waals surface area contributed by atoms with E-state index in [2.05, 4.69) is 109 Å². The lowest BCUT2D eigenvalue weighted by Crippen LogP contribution is -2.33. The molecule has 0 saturated heterocycles. The lowest BCUT2D eigenvalue weighted by atomic mass is 9.97. The first kappa shape index (κ1) is 19.4. The SMILES string of the molecule is N=C(N)N(c1ccc2cccc3c2c1-c1ccccc1-3)c1ccc2cccc3c2c1-c1ccccc1-3. The summed E-state index contributed by atoms with van der Waals surface area (Å²) in [5, 5.41) is 13.6. The second-order valence-corrected chi connectivity index (χ2v) is 9.54. The fourth-order valence-corrected chi connectivity index (χ4v) is 6.36. The summed E-state index contributed by atoms with van der Waals surface area (Å²) in [6.07, 6.45) is 0.